The summed E-state index contributed by atoms with van der Waals surface area (Å²) < 4.78 is 9.72. The average molecular weight is 363 g/mol. The molecule has 1 aliphatic heterocycles. The minimum atomic E-state index is -0.659. The first-order valence-corrected chi connectivity index (χ1v) is 8.08. The second-order valence-corrected chi connectivity index (χ2v) is 5.44. The number of esters is 2. The smallest absolute Gasteiger partial charge is 0.355 e. The molecule has 0 amide bonds. The van der Waals surface area contributed by atoms with Gasteiger partial charge in [0.1, 0.15) is 5.70 Å². The lowest BCUT2D eigenvalue weighted by atomic mass is 10.1. The highest BCUT2D eigenvalue weighted by Gasteiger charge is 2.27. The Bertz CT molecular complexity index is 949. The molecule has 0 unspecified atom stereocenters. The highest BCUT2D eigenvalue weighted by Crippen LogP contribution is 2.29. The number of methoxy groups -OCH3 is 2. The number of ether oxygens (including phenoxy) is 2. The number of rotatable bonds is 4. The van der Waals surface area contributed by atoms with Crippen LogP contribution in [-0.4, -0.2) is 36.1 Å². The molecule has 1 aliphatic rings. The second-order valence-electron chi connectivity index (χ2n) is 5.44. The average Bonchev–Trinajstić information content (AvgIpc) is 2.96. The standard InChI is InChI=1S/C20H17N3O4/c1-26-19(24)16-9-3-4-12-23(17(16)20(25)27-2)15-8-5-7-14(13-15)18-21-10-6-11-22-18/h3-13H,1-2H3. The third-order valence-electron chi connectivity index (χ3n) is 3.84. The van der Waals surface area contributed by atoms with Crippen LogP contribution in [0.1, 0.15) is 0 Å². The van der Waals surface area contributed by atoms with Gasteiger partial charge in [-0.2, -0.15) is 0 Å². The first-order chi connectivity index (χ1) is 13.2. The van der Waals surface area contributed by atoms with E-state index in [0.29, 0.717) is 11.5 Å². The molecule has 0 aliphatic carbocycles. The summed E-state index contributed by atoms with van der Waals surface area (Å²) in [6.07, 6.45) is 9.85. The Hall–Kier alpha value is -3.74. The Morgan fingerprint density at radius 1 is 0.963 bits per heavy atom. The van der Waals surface area contributed by atoms with Crippen molar-refractivity contribution < 1.29 is 19.1 Å². The number of carbonyl (C=O) groups excluding carboxylic acids is 2. The van der Waals surface area contributed by atoms with Gasteiger partial charge < -0.3 is 14.4 Å². The van der Waals surface area contributed by atoms with E-state index in [-0.39, 0.29) is 11.3 Å². The molecule has 0 saturated carbocycles. The van der Waals surface area contributed by atoms with Gasteiger partial charge in [-0.25, -0.2) is 19.6 Å². The molecule has 1 aromatic carbocycles. The molecular formula is C20H17N3O4. The van der Waals surface area contributed by atoms with E-state index >= 15 is 0 Å². The molecule has 0 bridgehead atoms. The van der Waals surface area contributed by atoms with Gasteiger partial charge in [-0.05, 0) is 30.4 Å². The fourth-order valence-electron chi connectivity index (χ4n) is 2.61. The largest absolute Gasteiger partial charge is 0.465 e. The quantitative estimate of drug-likeness (QED) is 0.772. The molecule has 0 atom stereocenters. The fourth-order valence-corrected chi connectivity index (χ4v) is 2.61. The topological polar surface area (TPSA) is 81.6 Å². The Labute approximate surface area is 156 Å². The van der Waals surface area contributed by atoms with Crippen LogP contribution in [0.25, 0.3) is 11.4 Å². The lowest BCUT2D eigenvalue weighted by molar-refractivity contribution is -0.139. The van der Waals surface area contributed by atoms with Crippen LogP contribution >= 0.6 is 0 Å². The Morgan fingerprint density at radius 3 is 2.41 bits per heavy atom. The van der Waals surface area contributed by atoms with E-state index in [4.69, 9.17) is 9.47 Å². The van der Waals surface area contributed by atoms with Gasteiger partial charge in [-0.1, -0.05) is 18.2 Å². The molecule has 0 radical (unpaired) electrons. The van der Waals surface area contributed by atoms with Crippen LogP contribution in [-0.2, 0) is 19.1 Å². The maximum atomic E-state index is 12.5. The van der Waals surface area contributed by atoms with E-state index in [1.807, 2.05) is 18.2 Å². The van der Waals surface area contributed by atoms with Crippen LogP contribution in [0.15, 0.2) is 78.4 Å². The molecule has 3 rings (SSSR count). The van der Waals surface area contributed by atoms with Crippen LogP contribution in [0.5, 0.6) is 0 Å². The Kier molecular flexibility index (Phi) is 5.41. The highest BCUT2D eigenvalue weighted by molar-refractivity contribution is 6.05. The molecule has 0 saturated heterocycles. The van der Waals surface area contributed by atoms with Gasteiger partial charge in [-0.15, -0.1) is 0 Å². The molecule has 136 valence electrons. The molecule has 7 nitrogen and oxygen atoms in total. The summed E-state index contributed by atoms with van der Waals surface area (Å²) in [7, 11) is 2.52. The number of aromatic nitrogens is 2. The number of hydrogen-bond acceptors (Lipinski definition) is 7. The van der Waals surface area contributed by atoms with E-state index in [1.165, 1.54) is 20.3 Å². The van der Waals surface area contributed by atoms with Crippen molar-refractivity contribution in [3.63, 3.8) is 0 Å². The zero-order valence-electron chi connectivity index (χ0n) is 14.8. The Morgan fingerprint density at radius 2 is 1.70 bits per heavy atom. The normalized spacial score (nSPS) is 13.3. The van der Waals surface area contributed by atoms with Crippen molar-refractivity contribution >= 4 is 17.6 Å². The van der Waals surface area contributed by atoms with Crippen LogP contribution in [0.3, 0.4) is 0 Å². The molecule has 0 fully saturated rings. The summed E-state index contributed by atoms with van der Waals surface area (Å²) in [4.78, 5) is 34.7. The first-order valence-electron chi connectivity index (χ1n) is 8.08. The SMILES string of the molecule is COC(=O)C1=C(C(=O)OC)N(c2cccc(-c3ncccn3)c2)C=CC=C1. The molecule has 1 aromatic heterocycles. The monoisotopic (exact) mass is 363 g/mol. The zero-order chi connectivity index (χ0) is 19.2. The predicted octanol–water partition coefficient (Wildman–Crippen LogP) is 2.63. The van der Waals surface area contributed by atoms with Crippen molar-refractivity contribution in [3.8, 4) is 11.4 Å². The number of carbonyl (C=O) groups is 2. The summed E-state index contributed by atoms with van der Waals surface area (Å²) in [5.41, 5.74) is 1.56. The maximum Gasteiger partial charge on any atom is 0.355 e. The summed E-state index contributed by atoms with van der Waals surface area (Å²) in [6.45, 7) is 0. The lowest BCUT2D eigenvalue weighted by Gasteiger charge is -2.23. The fraction of sp³-hybridized carbons (Fsp3) is 0.100. The van der Waals surface area contributed by atoms with Crippen molar-refractivity contribution in [3.05, 3.63) is 78.4 Å². The summed E-state index contributed by atoms with van der Waals surface area (Å²) in [5, 5.41) is 0. The molecule has 0 N–H and O–H groups in total. The first kappa shape index (κ1) is 18.1. The number of hydrogen-bond donors (Lipinski definition) is 0. The van der Waals surface area contributed by atoms with Crippen molar-refractivity contribution in [2.75, 3.05) is 19.1 Å². The zero-order valence-corrected chi connectivity index (χ0v) is 14.8. The number of anilines is 1. The summed E-state index contributed by atoms with van der Waals surface area (Å²) in [6, 6.07) is 9.04. The van der Waals surface area contributed by atoms with Crippen molar-refractivity contribution in [2.45, 2.75) is 0 Å². The van der Waals surface area contributed by atoms with Gasteiger partial charge in [-0.3, -0.25) is 0 Å². The molecule has 0 spiro atoms. The predicted molar refractivity (Wildman–Crippen MR) is 99.3 cm³/mol. The minimum Gasteiger partial charge on any atom is -0.465 e. The maximum absolute atomic E-state index is 12.5. The lowest BCUT2D eigenvalue weighted by Crippen LogP contribution is -2.26. The second kappa shape index (κ2) is 8.09. The number of benzene rings is 1. The Balaban J connectivity index is 2.14. The van der Waals surface area contributed by atoms with Gasteiger partial charge >= 0.3 is 11.9 Å². The third-order valence-corrected chi connectivity index (χ3v) is 3.84. The van der Waals surface area contributed by atoms with E-state index < -0.39 is 11.9 Å². The summed E-state index contributed by atoms with van der Waals surface area (Å²) >= 11 is 0. The van der Waals surface area contributed by atoms with Crippen molar-refractivity contribution in [1.82, 2.24) is 9.97 Å². The highest BCUT2D eigenvalue weighted by atomic mass is 16.5. The van der Waals surface area contributed by atoms with E-state index in [9.17, 15) is 9.59 Å². The van der Waals surface area contributed by atoms with Gasteiger partial charge in [0.25, 0.3) is 0 Å². The number of nitrogens with zero attached hydrogens (tertiary/aromatic N) is 3. The van der Waals surface area contributed by atoms with Gasteiger partial charge in [0.15, 0.2) is 5.82 Å². The van der Waals surface area contributed by atoms with Crippen molar-refractivity contribution in [2.24, 2.45) is 0 Å². The summed E-state index contributed by atoms with van der Waals surface area (Å²) in [5.74, 6) is -0.746. The van der Waals surface area contributed by atoms with E-state index in [1.54, 1.807) is 47.8 Å². The number of allylic oxidation sites excluding steroid dienone is 2. The van der Waals surface area contributed by atoms with Crippen LogP contribution in [0, 0.1) is 0 Å². The molecule has 2 aromatic rings. The van der Waals surface area contributed by atoms with Crippen LogP contribution < -0.4 is 4.90 Å². The third kappa shape index (κ3) is 3.77. The van der Waals surface area contributed by atoms with E-state index in [2.05, 4.69) is 9.97 Å². The van der Waals surface area contributed by atoms with Gasteiger partial charge in [0, 0.05) is 29.8 Å². The molecule has 7 heteroatoms. The molecule has 2 heterocycles. The van der Waals surface area contributed by atoms with Crippen LogP contribution in [0.2, 0.25) is 0 Å². The van der Waals surface area contributed by atoms with Crippen molar-refractivity contribution in [1.29, 1.82) is 0 Å². The molecule has 27 heavy (non-hydrogen) atoms. The van der Waals surface area contributed by atoms with E-state index in [0.717, 1.165) is 5.56 Å². The van der Waals surface area contributed by atoms with Gasteiger partial charge in [0.2, 0.25) is 0 Å². The van der Waals surface area contributed by atoms with Gasteiger partial charge in [0.05, 0.1) is 19.8 Å². The minimum absolute atomic E-state index is 0.0560. The van der Waals surface area contributed by atoms with Crippen LogP contribution in [0.4, 0.5) is 5.69 Å². The molecular weight excluding hydrogens is 346 g/mol.